The van der Waals surface area contributed by atoms with Crippen molar-refractivity contribution >= 4 is 5.91 Å². The molecule has 1 aliphatic carbocycles. The molecule has 0 aromatic rings. The lowest BCUT2D eigenvalue weighted by Gasteiger charge is -2.25. The van der Waals surface area contributed by atoms with Crippen LogP contribution >= 0.6 is 0 Å². The molecule has 4 atom stereocenters. The van der Waals surface area contributed by atoms with Crippen LogP contribution in [0.25, 0.3) is 0 Å². The molecule has 1 amide bonds. The van der Waals surface area contributed by atoms with Crippen LogP contribution in [0.5, 0.6) is 0 Å². The van der Waals surface area contributed by atoms with Gasteiger partial charge in [-0.15, -0.1) is 0 Å². The molecule has 0 spiro atoms. The summed E-state index contributed by atoms with van der Waals surface area (Å²) in [4.78, 5) is 14.5. The Bertz CT molecular complexity index is 326. The van der Waals surface area contributed by atoms with Crippen molar-refractivity contribution < 1.29 is 4.79 Å². The Kier molecular flexibility index (Phi) is 2.13. The van der Waals surface area contributed by atoms with Crippen molar-refractivity contribution in [3.05, 3.63) is 0 Å². The number of carbonyl (C=O) groups is 1. The van der Waals surface area contributed by atoms with E-state index in [1.165, 1.54) is 0 Å². The Balaban J connectivity index is 1.70. The van der Waals surface area contributed by atoms with Crippen LogP contribution in [0.1, 0.15) is 27.2 Å². The van der Waals surface area contributed by atoms with Gasteiger partial charge in [-0.1, -0.05) is 13.8 Å². The van der Waals surface area contributed by atoms with Gasteiger partial charge in [-0.05, 0) is 30.6 Å². The zero-order chi connectivity index (χ0) is 11.5. The van der Waals surface area contributed by atoms with Crippen LogP contribution < -0.4 is 5.32 Å². The first kappa shape index (κ1) is 10.6. The molecule has 2 saturated heterocycles. The molecule has 3 nitrogen and oxygen atoms in total. The van der Waals surface area contributed by atoms with Crippen LogP contribution in [0.3, 0.4) is 0 Å². The molecule has 3 aliphatic rings. The third kappa shape index (κ3) is 1.41. The molecule has 3 fully saturated rings. The molecule has 2 heterocycles. The van der Waals surface area contributed by atoms with Gasteiger partial charge < -0.3 is 10.2 Å². The van der Waals surface area contributed by atoms with Crippen molar-refractivity contribution in [1.29, 1.82) is 0 Å². The third-order valence-corrected chi connectivity index (χ3v) is 5.03. The highest BCUT2D eigenvalue weighted by molar-refractivity contribution is 5.83. The second-order valence-electron chi connectivity index (χ2n) is 6.56. The lowest BCUT2D eigenvalue weighted by Crippen LogP contribution is -2.39. The minimum atomic E-state index is 0.271. The Morgan fingerprint density at radius 2 is 2.06 bits per heavy atom. The minimum absolute atomic E-state index is 0.271. The summed E-state index contributed by atoms with van der Waals surface area (Å²) in [7, 11) is 0. The summed E-state index contributed by atoms with van der Waals surface area (Å²) in [6.45, 7) is 9.84. The van der Waals surface area contributed by atoms with Crippen LogP contribution in [-0.4, -0.2) is 36.5 Å². The second-order valence-corrected chi connectivity index (χ2v) is 6.56. The average molecular weight is 222 g/mol. The fourth-order valence-corrected chi connectivity index (χ4v) is 3.55. The molecule has 0 aromatic carbocycles. The molecule has 3 rings (SSSR count). The Labute approximate surface area is 97.6 Å². The molecule has 0 bridgehead atoms. The highest BCUT2D eigenvalue weighted by atomic mass is 16.2. The zero-order valence-corrected chi connectivity index (χ0v) is 10.5. The van der Waals surface area contributed by atoms with Gasteiger partial charge in [0.1, 0.15) is 0 Å². The zero-order valence-electron chi connectivity index (χ0n) is 10.5. The first-order valence-electron chi connectivity index (χ1n) is 6.52. The van der Waals surface area contributed by atoms with Gasteiger partial charge in [0, 0.05) is 31.6 Å². The first-order chi connectivity index (χ1) is 7.50. The van der Waals surface area contributed by atoms with Gasteiger partial charge in [-0.2, -0.15) is 0 Å². The van der Waals surface area contributed by atoms with Gasteiger partial charge in [0.15, 0.2) is 0 Å². The van der Waals surface area contributed by atoms with Gasteiger partial charge in [0.25, 0.3) is 0 Å². The van der Waals surface area contributed by atoms with Crippen molar-refractivity contribution in [2.45, 2.75) is 33.2 Å². The largest absolute Gasteiger partial charge is 0.339 e. The van der Waals surface area contributed by atoms with E-state index in [4.69, 9.17) is 0 Å². The third-order valence-electron chi connectivity index (χ3n) is 5.03. The normalized spacial score (nSPS) is 44.6. The first-order valence-corrected chi connectivity index (χ1v) is 6.52. The molecule has 90 valence electrons. The van der Waals surface area contributed by atoms with Crippen LogP contribution in [-0.2, 0) is 4.79 Å². The summed E-state index contributed by atoms with van der Waals surface area (Å²) >= 11 is 0. The predicted octanol–water partition coefficient (Wildman–Crippen LogP) is 1.10. The maximum Gasteiger partial charge on any atom is 0.226 e. The van der Waals surface area contributed by atoms with Crippen LogP contribution in [0, 0.1) is 23.2 Å². The fraction of sp³-hybridized carbons (Fsp3) is 0.923. The number of carbonyl (C=O) groups excluding carboxylic acids is 1. The highest BCUT2D eigenvalue weighted by Crippen LogP contribution is 2.53. The molecule has 0 aromatic heterocycles. The number of hydrogen-bond acceptors (Lipinski definition) is 2. The Morgan fingerprint density at radius 3 is 2.62 bits per heavy atom. The molecule has 3 heteroatoms. The van der Waals surface area contributed by atoms with Crippen LogP contribution in [0.4, 0.5) is 0 Å². The number of fused-ring (bicyclic) bond motifs is 1. The number of hydrogen-bond donors (Lipinski definition) is 1. The smallest absolute Gasteiger partial charge is 0.226 e. The molecule has 1 N–H and O–H groups in total. The topological polar surface area (TPSA) is 32.3 Å². The number of amides is 1. The average Bonchev–Trinajstić information content (AvgIpc) is 2.64. The quantitative estimate of drug-likeness (QED) is 0.720. The van der Waals surface area contributed by atoms with Gasteiger partial charge >= 0.3 is 0 Å². The summed E-state index contributed by atoms with van der Waals surface area (Å²) < 4.78 is 0. The van der Waals surface area contributed by atoms with E-state index >= 15 is 0 Å². The summed E-state index contributed by atoms with van der Waals surface area (Å²) in [6.07, 6.45) is 1.09. The maximum atomic E-state index is 12.4. The molecular formula is C13H22N2O. The van der Waals surface area contributed by atoms with Crippen LogP contribution in [0.15, 0.2) is 0 Å². The lowest BCUT2D eigenvalue weighted by atomic mass is 9.95. The van der Waals surface area contributed by atoms with Crippen molar-refractivity contribution in [2.24, 2.45) is 23.2 Å². The number of nitrogens with zero attached hydrogens (tertiary/aromatic N) is 1. The van der Waals surface area contributed by atoms with E-state index in [2.05, 4.69) is 31.0 Å². The maximum absolute atomic E-state index is 12.4. The van der Waals surface area contributed by atoms with Crippen molar-refractivity contribution in [1.82, 2.24) is 10.2 Å². The van der Waals surface area contributed by atoms with E-state index in [0.29, 0.717) is 29.7 Å². The van der Waals surface area contributed by atoms with E-state index in [1.54, 1.807) is 0 Å². The van der Waals surface area contributed by atoms with E-state index < -0.39 is 0 Å². The van der Waals surface area contributed by atoms with Gasteiger partial charge in [0.2, 0.25) is 5.91 Å². The molecule has 4 unspecified atom stereocenters. The monoisotopic (exact) mass is 222 g/mol. The van der Waals surface area contributed by atoms with E-state index in [9.17, 15) is 4.79 Å². The van der Waals surface area contributed by atoms with Gasteiger partial charge in [-0.3, -0.25) is 4.79 Å². The summed E-state index contributed by atoms with van der Waals surface area (Å²) in [5, 5.41) is 3.44. The second kappa shape index (κ2) is 3.22. The van der Waals surface area contributed by atoms with Crippen molar-refractivity contribution in [3.8, 4) is 0 Å². The van der Waals surface area contributed by atoms with Gasteiger partial charge in [0.05, 0.1) is 0 Å². The Hall–Kier alpha value is -0.570. The summed E-state index contributed by atoms with van der Waals surface area (Å²) in [5.41, 5.74) is 0.271. The minimum Gasteiger partial charge on any atom is -0.339 e. The standard InChI is InChI=1S/C13H22N2O/c1-8-10-6-14-5-9(10)7-15(8)12(16)11-4-13(11,2)3/h8-11,14H,4-7H2,1-3H3. The number of nitrogens with one attached hydrogen (secondary N) is 1. The predicted molar refractivity (Wildman–Crippen MR) is 62.9 cm³/mol. The molecular weight excluding hydrogens is 200 g/mol. The molecule has 0 radical (unpaired) electrons. The summed E-state index contributed by atoms with van der Waals surface area (Å²) in [6, 6.07) is 0.448. The van der Waals surface area contributed by atoms with E-state index in [0.717, 1.165) is 26.1 Å². The SMILES string of the molecule is CC1C2CNCC2CN1C(=O)C1CC1(C)C. The lowest BCUT2D eigenvalue weighted by molar-refractivity contribution is -0.134. The van der Waals surface area contributed by atoms with Crippen molar-refractivity contribution in [2.75, 3.05) is 19.6 Å². The molecule has 16 heavy (non-hydrogen) atoms. The number of likely N-dealkylation sites (tertiary alicyclic amines) is 1. The van der Waals surface area contributed by atoms with E-state index in [1.807, 2.05) is 0 Å². The summed E-state index contributed by atoms with van der Waals surface area (Å²) in [5.74, 6) is 2.14. The molecule has 2 aliphatic heterocycles. The van der Waals surface area contributed by atoms with Crippen molar-refractivity contribution in [3.63, 3.8) is 0 Å². The van der Waals surface area contributed by atoms with Crippen LogP contribution in [0.2, 0.25) is 0 Å². The highest BCUT2D eigenvalue weighted by Gasteiger charge is 2.55. The fourth-order valence-electron chi connectivity index (χ4n) is 3.55. The molecule has 1 saturated carbocycles. The van der Waals surface area contributed by atoms with Gasteiger partial charge in [-0.25, -0.2) is 0 Å². The Morgan fingerprint density at radius 1 is 1.38 bits per heavy atom. The number of rotatable bonds is 1. The van der Waals surface area contributed by atoms with E-state index in [-0.39, 0.29) is 5.41 Å².